The summed E-state index contributed by atoms with van der Waals surface area (Å²) in [6, 6.07) is 7.52. The molecule has 116 valence electrons. The lowest BCUT2D eigenvalue weighted by atomic mass is 9.98. The van der Waals surface area contributed by atoms with Crippen LogP contribution in [0.3, 0.4) is 0 Å². The van der Waals surface area contributed by atoms with Gasteiger partial charge in [-0.15, -0.1) is 0 Å². The van der Waals surface area contributed by atoms with Crippen LogP contribution in [0.1, 0.15) is 24.0 Å². The first-order valence-electron chi connectivity index (χ1n) is 6.91. The molecule has 0 heterocycles. The van der Waals surface area contributed by atoms with Crippen molar-refractivity contribution < 1.29 is 17.9 Å². The highest BCUT2D eigenvalue weighted by Gasteiger charge is 2.74. The van der Waals surface area contributed by atoms with E-state index in [0.717, 1.165) is 17.4 Å². The average molecular weight is 311 g/mol. The molecule has 0 unspecified atom stereocenters. The summed E-state index contributed by atoms with van der Waals surface area (Å²) >= 11 is 0. The summed E-state index contributed by atoms with van der Waals surface area (Å²) in [5, 5.41) is -0.809. The zero-order valence-corrected chi connectivity index (χ0v) is 13.3. The van der Waals surface area contributed by atoms with Gasteiger partial charge in [0.15, 0.2) is 9.84 Å². The van der Waals surface area contributed by atoms with Gasteiger partial charge in [-0.1, -0.05) is 29.8 Å². The number of carbonyl (C=O) groups excluding carboxylic acids is 1. The van der Waals surface area contributed by atoms with Crippen LogP contribution in [-0.2, 0) is 19.4 Å². The Morgan fingerprint density at radius 3 is 2.33 bits per heavy atom. The summed E-state index contributed by atoms with van der Waals surface area (Å²) in [4.78, 5) is 12.3. The summed E-state index contributed by atoms with van der Waals surface area (Å²) in [6.45, 7) is 3.81. The Morgan fingerprint density at radius 2 is 1.90 bits per heavy atom. The number of nitrogens with two attached hydrogens (primary N) is 1. The standard InChI is InChI=1S/C15H21NO4S/c1-4-20-14(17)15(9-16)12(13(15)21(3,18)19)11-7-5-10(2)6-8-11/h5-8,12-13H,4,9,16H2,1-3H3/t12-,13-,15-/m0/s1. The van der Waals surface area contributed by atoms with E-state index >= 15 is 0 Å². The van der Waals surface area contributed by atoms with Gasteiger partial charge in [0.1, 0.15) is 5.41 Å². The molecule has 0 spiro atoms. The zero-order chi connectivity index (χ0) is 15.8. The minimum atomic E-state index is -3.40. The number of esters is 1. The van der Waals surface area contributed by atoms with Crippen molar-refractivity contribution in [1.29, 1.82) is 0 Å². The lowest BCUT2D eigenvalue weighted by Gasteiger charge is -2.14. The van der Waals surface area contributed by atoms with Crippen LogP contribution in [0.2, 0.25) is 0 Å². The predicted octanol–water partition coefficient (Wildman–Crippen LogP) is 1.01. The number of hydrogen-bond acceptors (Lipinski definition) is 5. The number of ether oxygens (including phenoxy) is 1. The summed E-state index contributed by atoms with van der Waals surface area (Å²) in [5.74, 6) is -0.953. The third-order valence-corrected chi connectivity index (χ3v) is 5.76. The minimum absolute atomic E-state index is 0.0396. The zero-order valence-electron chi connectivity index (χ0n) is 12.5. The van der Waals surface area contributed by atoms with Gasteiger partial charge in [0.05, 0.1) is 11.9 Å². The second kappa shape index (κ2) is 5.42. The van der Waals surface area contributed by atoms with E-state index in [1.54, 1.807) is 6.92 Å². The molecule has 0 bridgehead atoms. The molecule has 0 aromatic heterocycles. The Bertz CT molecular complexity index is 638. The maximum Gasteiger partial charge on any atom is 0.315 e. The van der Waals surface area contributed by atoms with E-state index in [9.17, 15) is 13.2 Å². The Labute approximate surface area is 125 Å². The van der Waals surface area contributed by atoms with Crippen molar-refractivity contribution in [3.63, 3.8) is 0 Å². The molecule has 0 amide bonds. The molecule has 6 heteroatoms. The SMILES string of the molecule is CCOC(=O)[C@@]1(CN)[C@@H](c2ccc(C)cc2)[C@@H]1S(C)(=O)=O. The first-order chi connectivity index (χ1) is 9.79. The van der Waals surface area contributed by atoms with Crippen molar-refractivity contribution in [2.75, 3.05) is 19.4 Å². The normalized spacial score (nSPS) is 28.2. The molecular formula is C15H21NO4S. The van der Waals surface area contributed by atoms with E-state index < -0.39 is 32.4 Å². The first kappa shape index (κ1) is 16.0. The van der Waals surface area contributed by atoms with E-state index in [4.69, 9.17) is 10.5 Å². The third-order valence-electron chi connectivity index (χ3n) is 4.15. The van der Waals surface area contributed by atoms with Crippen molar-refractivity contribution in [2.45, 2.75) is 25.0 Å². The van der Waals surface area contributed by atoms with Crippen molar-refractivity contribution in [1.82, 2.24) is 0 Å². The van der Waals surface area contributed by atoms with Gasteiger partial charge in [0.25, 0.3) is 0 Å². The van der Waals surface area contributed by atoms with Crippen LogP contribution in [0.25, 0.3) is 0 Å². The quantitative estimate of drug-likeness (QED) is 0.820. The van der Waals surface area contributed by atoms with Gasteiger partial charge >= 0.3 is 5.97 Å². The maximum absolute atomic E-state index is 12.3. The molecule has 1 saturated carbocycles. The molecule has 0 aliphatic heterocycles. The van der Waals surface area contributed by atoms with Crippen molar-refractivity contribution >= 4 is 15.8 Å². The molecule has 1 aliphatic carbocycles. The second-order valence-electron chi connectivity index (χ2n) is 5.60. The van der Waals surface area contributed by atoms with Gasteiger partial charge in [0.2, 0.25) is 0 Å². The fourth-order valence-corrected chi connectivity index (χ4v) is 5.03. The second-order valence-corrected chi connectivity index (χ2v) is 7.77. The Kier molecular flexibility index (Phi) is 4.13. The molecule has 3 atom stereocenters. The summed E-state index contributed by atoms with van der Waals surface area (Å²) < 4.78 is 29.2. The Balaban J connectivity index is 2.47. The highest BCUT2D eigenvalue weighted by molar-refractivity contribution is 7.91. The number of benzene rings is 1. The van der Waals surface area contributed by atoms with Crippen molar-refractivity contribution in [2.24, 2.45) is 11.1 Å². The van der Waals surface area contributed by atoms with E-state index in [0.29, 0.717) is 0 Å². The molecule has 0 saturated heterocycles. The van der Waals surface area contributed by atoms with Gasteiger partial charge in [-0.05, 0) is 19.4 Å². The number of carbonyl (C=O) groups is 1. The third kappa shape index (κ3) is 2.58. The van der Waals surface area contributed by atoms with Crippen LogP contribution in [0.4, 0.5) is 0 Å². The number of sulfone groups is 1. The largest absolute Gasteiger partial charge is 0.465 e. The van der Waals surface area contributed by atoms with Gasteiger partial charge in [0, 0.05) is 18.7 Å². The summed E-state index contributed by atoms with van der Waals surface area (Å²) in [5.41, 5.74) is 6.51. The smallest absolute Gasteiger partial charge is 0.315 e. The minimum Gasteiger partial charge on any atom is -0.465 e. The molecular weight excluding hydrogens is 290 g/mol. The predicted molar refractivity (Wildman–Crippen MR) is 80.7 cm³/mol. The highest BCUT2D eigenvalue weighted by Crippen LogP contribution is 2.62. The van der Waals surface area contributed by atoms with Crippen LogP contribution in [0, 0.1) is 12.3 Å². The number of rotatable bonds is 5. The van der Waals surface area contributed by atoms with E-state index in [1.165, 1.54) is 0 Å². The molecule has 5 nitrogen and oxygen atoms in total. The van der Waals surface area contributed by atoms with Crippen molar-refractivity contribution in [3.8, 4) is 0 Å². The molecule has 2 rings (SSSR count). The van der Waals surface area contributed by atoms with Crippen molar-refractivity contribution in [3.05, 3.63) is 35.4 Å². The fraction of sp³-hybridized carbons (Fsp3) is 0.533. The lowest BCUT2D eigenvalue weighted by molar-refractivity contribution is -0.149. The number of hydrogen-bond donors (Lipinski definition) is 1. The highest BCUT2D eigenvalue weighted by atomic mass is 32.2. The van der Waals surface area contributed by atoms with Crippen LogP contribution in [0.5, 0.6) is 0 Å². The van der Waals surface area contributed by atoms with E-state index in [-0.39, 0.29) is 13.2 Å². The molecule has 1 fully saturated rings. The van der Waals surface area contributed by atoms with Crippen LogP contribution in [-0.4, -0.2) is 39.0 Å². The summed E-state index contributed by atoms with van der Waals surface area (Å²) in [6.07, 6.45) is 1.15. The molecule has 1 aliphatic rings. The van der Waals surface area contributed by atoms with E-state index in [1.807, 2.05) is 31.2 Å². The van der Waals surface area contributed by atoms with Gasteiger partial charge < -0.3 is 10.5 Å². The summed E-state index contributed by atoms with van der Waals surface area (Å²) in [7, 11) is -3.40. The fourth-order valence-electron chi connectivity index (χ4n) is 3.11. The van der Waals surface area contributed by atoms with Crippen LogP contribution < -0.4 is 5.73 Å². The van der Waals surface area contributed by atoms with Crippen LogP contribution >= 0.6 is 0 Å². The van der Waals surface area contributed by atoms with Gasteiger partial charge in [-0.2, -0.15) is 0 Å². The van der Waals surface area contributed by atoms with Crippen LogP contribution in [0.15, 0.2) is 24.3 Å². The lowest BCUT2D eigenvalue weighted by Crippen LogP contribution is -2.33. The maximum atomic E-state index is 12.3. The molecule has 1 aromatic carbocycles. The number of aryl methyl sites for hydroxylation is 1. The van der Waals surface area contributed by atoms with Gasteiger partial charge in [-0.3, -0.25) is 4.79 Å². The van der Waals surface area contributed by atoms with E-state index in [2.05, 4.69) is 0 Å². The van der Waals surface area contributed by atoms with Gasteiger partial charge in [-0.25, -0.2) is 8.42 Å². The Hall–Kier alpha value is -1.40. The first-order valence-corrected chi connectivity index (χ1v) is 8.87. The monoisotopic (exact) mass is 311 g/mol. The average Bonchev–Trinajstić information content (AvgIpc) is 3.10. The molecule has 0 radical (unpaired) electrons. The Morgan fingerprint density at radius 1 is 1.33 bits per heavy atom. The molecule has 1 aromatic rings. The molecule has 21 heavy (non-hydrogen) atoms. The molecule has 2 N–H and O–H groups in total. The topological polar surface area (TPSA) is 86.5 Å².